The minimum absolute atomic E-state index is 0.676. The van der Waals surface area contributed by atoms with Gasteiger partial charge in [0, 0.05) is 16.2 Å². The zero-order chi connectivity index (χ0) is 10.8. The average Bonchev–Trinajstić information content (AvgIpc) is 2.58. The lowest BCUT2D eigenvalue weighted by Crippen LogP contribution is -2.15. The summed E-state index contributed by atoms with van der Waals surface area (Å²) in [5.41, 5.74) is 2.53. The molecule has 82 valence electrons. The lowest BCUT2D eigenvalue weighted by Gasteiger charge is -2.14. The number of hydrogen-bond donors (Lipinski definition) is 1. The maximum atomic E-state index is 3.61. The Morgan fingerprint density at radius 2 is 2.13 bits per heavy atom. The molecule has 0 aliphatic heterocycles. The summed E-state index contributed by atoms with van der Waals surface area (Å²) in [6.07, 6.45) is 3.99. The Morgan fingerprint density at radius 3 is 2.73 bits per heavy atom. The van der Waals surface area contributed by atoms with Crippen molar-refractivity contribution in [1.29, 1.82) is 0 Å². The number of aryl methyl sites for hydroxylation is 1. The van der Waals surface area contributed by atoms with E-state index in [2.05, 4.69) is 53.3 Å². The Hall–Kier alpha value is -0.500. The topological polar surface area (TPSA) is 12.0 Å². The number of benzene rings is 1. The summed E-state index contributed by atoms with van der Waals surface area (Å²) in [5, 5.41) is 3.61. The second-order valence-corrected chi connectivity index (χ2v) is 5.58. The van der Waals surface area contributed by atoms with Crippen LogP contribution in [0.25, 0.3) is 0 Å². The van der Waals surface area contributed by atoms with Crippen LogP contribution < -0.4 is 5.32 Å². The van der Waals surface area contributed by atoms with E-state index >= 15 is 0 Å². The molecule has 0 aromatic heterocycles. The van der Waals surface area contributed by atoms with E-state index < -0.39 is 0 Å². The van der Waals surface area contributed by atoms with Crippen LogP contribution >= 0.6 is 15.9 Å². The van der Waals surface area contributed by atoms with Crippen molar-refractivity contribution in [3.8, 4) is 0 Å². The van der Waals surface area contributed by atoms with Gasteiger partial charge >= 0.3 is 0 Å². The molecule has 0 heterocycles. The standard InChI is InChI=1S/C13H18BrN/c1-9-3-5-11(7-9)15-12-6-4-10(2)13(14)8-12/h4,6,8-9,11,15H,3,5,7H2,1-2H3. The van der Waals surface area contributed by atoms with Crippen LogP contribution in [0.5, 0.6) is 0 Å². The summed E-state index contributed by atoms with van der Waals surface area (Å²) < 4.78 is 1.19. The van der Waals surface area contributed by atoms with Crippen molar-refractivity contribution < 1.29 is 0 Å². The van der Waals surface area contributed by atoms with Crippen LogP contribution in [0.2, 0.25) is 0 Å². The van der Waals surface area contributed by atoms with Crippen LogP contribution in [0.1, 0.15) is 31.7 Å². The number of hydrogen-bond acceptors (Lipinski definition) is 1. The first-order valence-corrected chi connectivity index (χ1v) is 6.47. The van der Waals surface area contributed by atoms with Crippen LogP contribution in [-0.4, -0.2) is 6.04 Å². The van der Waals surface area contributed by atoms with Gasteiger partial charge in [-0.3, -0.25) is 0 Å². The van der Waals surface area contributed by atoms with Gasteiger partial charge in [-0.15, -0.1) is 0 Å². The van der Waals surface area contributed by atoms with Crippen molar-refractivity contribution in [2.75, 3.05) is 5.32 Å². The summed E-state index contributed by atoms with van der Waals surface area (Å²) in [7, 11) is 0. The minimum Gasteiger partial charge on any atom is -0.382 e. The quantitative estimate of drug-likeness (QED) is 0.840. The van der Waals surface area contributed by atoms with Crippen molar-refractivity contribution in [3.63, 3.8) is 0 Å². The maximum Gasteiger partial charge on any atom is 0.0353 e. The second-order valence-electron chi connectivity index (χ2n) is 4.72. The predicted molar refractivity (Wildman–Crippen MR) is 69.3 cm³/mol. The molecule has 2 rings (SSSR count). The van der Waals surface area contributed by atoms with Crippen molar-refractivity contribution in [1.82, 2.24) is 0 Å². The Labute approximate surface area is 100 Å². The molecule has 0 radical (unpaired) electrons. The van der Waals surface area contributed by atoms with Crippen LogP contribution in [-0.2, 0) is 0 Å². The molecular formula is C13H18BrN. The average molecular weight is 268 g/mol. The Balaban J connectivity index is 2.02. The van der Waals surface area contributed by atoms with Gasteiger partial charge in [-0.05, 0) is 49.8 Å². The molecule has 1 saturated carbocycles. The van der Waals surface area contributed by atoms with Crippen LogP contribution in [0, 0.1) is 12.8 Å². The third-order valence-corrected chi connectivity index (χ3v) is 4.09. The van der Waals surface area contributed by atoms with E-state index in [1.54, 1.807) is 0 Å². The summed E-state index contributed by atoms with van der Waals surface area (Å²) in [5.74, 6) is 0.886. The number of rotatable bonds is 2. The van der Waals surface area contributed by atoms with Crippen molar-refractivity contribution in [2.45, 2.75) is 39.2 Å². The molecule has 0 amide bonds. The predicted octanol–water partition coefficient (Wildman–Crippen LogP) is 4.36. The van der Waals surface area contributed by atoms with E-state index in [1.807, 2.05) is 0 Å². The van der Waals surface area contributed by atoms with Gasteiger partial charge in [0.15, 0.2) is 0 Å². The molecule has 1 fully saturated rings. The highest BCUT2D eigenvalue weighted by atomic mass is 79.9. The Morgan fingerprint density at radius 1 is 1.33 bits per heavy atom. The Kier molecular flexibility index (Phi) is 3.35. The lowest BCUT2D eigenvalue weighted by atomic mass is 10.1. The third-order valence-electron chi connectivity index (χ3n) is 3.24. The molecule has 2 atom stereocenters. The van der Waals surface area contributed by atoms with Crippen LogP contribution in [0.15, 0.2) is 22.7 Å². The molecule has 1 N–H and O–H groups in total. The van der Waals surface area contributed by atoms with Gasteiger partial charge in [0.25, 0.3) is 0 Å². The van der Waals surface area contributed by atoms with Crippen LogP contribution in [0.3, 0.4) is 0 Å². The first-order chi connectivity index (χ1) is 7.15. The van der Waals surface area contributed by atoms with E-state index in [1.165, 1.54) is 35.0 Å². The molecule has 0 bridgehead atoms. The van der Waals surface area contributed by atoms with E-state index in [0.717, 1.165) is 5.92 Å². The fraction of sp³-hybridized carbons (Fsp3) is 0.538. The van der Waals surface area contributed by atoms with Crippen molar-refractivity contribution >= 4 is 21.6 Å². The molecular weight excluding hydrogens is 250 g/mol. The highest BCUT2D eigenvalue weighted by molar-refractivity contribution is 9.10. The van der Waals surface area contributed by atoms with Crippen molar-refractivity contribution in [3.05, 3.63) is 28.2 Å². The van der Waals surface area contributed by atoms with Gasteiger partial charge in [0.2, 0.25) is 0 Å². The molecule has 15 heavy (non-hydrogen) atoms. The first kappa shape index (κ1) is 11.0. The van der Waals surface area contributed by atoms with Crippen molar-refractivity contribution in [2.24, 2.45) is 5.92 Å². The summed E-state index contributed by atoms with van der Waals surface area (Å²) in [6.45, 7) is 4.46. The van der Waals surface area contributed by atoms with E-state index in [4.69, 9.17) is 0 Å². The summed E-state index contributed by atoms with van der Waals surface area (Å²) >= 11 is 3.57. The van der Waals surface area contributed by atoms with Gasteiger partial charge < -0.3 is 5.32 Å². The second kappa shape index (κ2) is 4.56. The first-order valence-electron chi connectivity index (χ1n) is 5.68. The van der Waals surface area contributed by atoms with Gasteiger partial charge in [0.05, 0.1) is 0 Å². The fourth-order valence-corrected chi connectivity index (χ4v) is 2.64. The molecule has 2 heteroatoms. The van der Waals surface area contributed by atoms with Gasteiger partial charge in [-0.2, -0.15) is 0 Å². The van der Waals surface area contributed by atoms with Gasteiger partial charge in [-0.1, -0.05) is 28.9 Å². The molecule has 0 spiro atoms. The van der Waals surface area contributed by atoms with E-state index in [-0.39, 0.29) is 0 Å². The number of anilines is 1. The molecule has 0 saturated heterocycles. The number of halogens is 1. The minimum atomic E-state index is 0.676. The molecule has 1 aromatic rings. The summed E-state index contributed by atoms with van der Waals surface area (Å²) in [4.78, 5) is 0. The van der Waals surface area contributed by atoms with E-state index in [9.17, 15) is 0 Å². The largest absolute Gasteiger partial charge is 0.382 e. The maximum absolute atomic E-state index is 3.61. The van der Waals surface area contributed by atoms with Crippen LogP contribution in [0.4, 0.5) is 5.69 Å². The number of nitrogens with one attached hydrogen (secondary N) is 1. The van der Waals surface area contributed by atoms with Gasteiger partial charge in [-0.25, -0.2) is 0 Å². The Bertz CT molecular complexity index is 348. The fourth-order valence-electron chi connectivity index (χ4n) is 2.26. The molecule has 2 unspecified atom stereocenters. The smallest absolute Gasteiger partial charge is 0.0353 e. The highest BCUT2D eigenvalue weighted by Crippen LogP contribution is 2.28. The molecule has 1 aromatic carbocycles. The normalized spacial score (nSPS) is 25.5. The summed E-state index contributed by atoms with van der Waals surface area (Å²) in [6, 6.07) is 7.18. The van der Waals surface area contributed by atoms with Gasteiger partial charge in [0.1, 0.15) is 0 Å². The SMILES string of the molecule is Cc1ccc(NC2CCC(C)C2)cc1Br. The lowest BCUT2D eigenvalue weighted by molar-refractivity contribution is 0.602. The van der Waals surface area contributed by atoms with E-state index in [0.29, 0.717) is 6.04 Å². The zero-order valence-electron chi connectivity index (χ0n) is 9.39. The molecule has 1 aliphatic carbocycles. The highest BCUT2D eigenvalue weighted by Gasteiger charge is 2.20. The monoisotopic (exact) mass is 267 g/mol. The molecule has 1 aliphatic rings. The third kappa shape index (κ3) is 2.75. The molecule has 1 nitrogen and oxygen atoms in total. The zero-order valence-corrected chi connectivity index (χ0v) is 11.0.